The Balaban J connectivity index is 2.52. The van der Waals surface area contributed by atoms with Gasteiger partial charge in [0, 0.05) is 12.7 Å². The highest BCUT2D eigenvalue weighted by molar-refractivity contribution is 6.20. The topological polar surface area (TPSA) is 30.7 Å². The molecule has 0 aromatic carbocycles. The first-order valence-electron chi connectivity index (χ1n) is 6.07. The summed E-state index contributed by atoms with van der Waals surface area (Å²) in [6.45, 7) is 7.37. The van der Waals surface area contributed by atoms with Crippen molar-refractivity contribution in [2.24, 2.45) is 5.92 Å². The summed E-state index contributed by atoms with van der Waals surface area (Å²) in [6.07, 6.45) is 4.76. The number of pyridine rings is 1. The fourth-order valence-corrected chi connectivity index (χ4v) is 2.10. The van der Waals surface area contributed by atoms with Gasteiger partial charge in [0.1, 0.15) is 11.3 Å². The molecule has 0 aliphatic carbocycles. The molecule has 0 amide bonds. The summed E-state index contributed by atoms with van der Waals surface area (Å²) >= 11 is 6.20. The molecule has 92 valence electrons. The van der Waals surface area contributed by atoms with Crippen LogP contribution in [0.5, 0.6) is 0 Å². The van der Waals surface area contributed by atoms with Crippen LogP contribution in [0.1, 0.15) is 38.4 Å². The quantitative estimate of drug-likeness (QED) is 0.775. The van der Waals surface area contributed by atoms with Gasteiger partial charge in [0.15, 0.2) is 0 Å². The molecule has 0 N–H and O–H groups in total. The second kappa shape index (κ2) is 5.05. The SMILES string of the molecule is CCC(C)Cn1c(C(C)Cl)nc2cnccc21. The van der Waals surface area contributed by atoms with Crippen molar-refractivity contribution in [1.29, 1.82) is 0 Å². The average molecular weight is 252 g/mol. The molecule has 2 rings (SSSR count). The van der Waals surface area contributed by atoms with Crippen LogP contribution in [0, 0.1) is 5.92 Å². The molecule has 0 aliphatic rings. The van der Waals surface area contributed by atoms with E-state index >= 15 is 0 Å². The molecule has 2 aromatic heterocycles. The van der Waals surface area contributed by atoms with Crippen molar-refractivity contribution in [3.63, 3.8) is 0 Å². The number of hydrogen-bond donors (Lipinski definition) is 0. The number of rotatable bonds is 4. The second-order valence-electron chi connectivity index (χ2n) is 4.57. The summed E-state index contributed by atoms with van der Waals surface area (Å²) < 4.78 is 2.23. The number of aromatic nitrogens is 3. The standard InChI is InChI=1S/C13H18ClN3/c1-4-9(2)8-17-12-5-6-15-7-11(12)16-13(17)10(3)14/h5-7,9-10H,4,8H2,1-3H3. The first kappa shape index (κ1) is 12.4. The molecule has 0 radical (unpaired) electrons. The van der Waals surface area contributed by atoms with E-state index in [0.717, 1.165) is 29.8 Å². The van der Waals surface area contributed by atoms with Gasteiger partial charge in [0.2, 0.25) is 0 Å². The van der Waals surface area contributed by atoms with Crippen LogP contribution >= 0.6 is 11.6 Å². The normalized spacial score (nSPS) is 15.1. The third-order valence-electron chi connectivity index (χ3n) is 3.13. The van der Waals surface area contributed by atoms with Gasteiger partial charge in [-0.2, -0.15) is 0 Å². The van der Waals surface area contributed by atoms with Crippen LogP contribution in [-0.4, -0.2) is 14.5 Å². The van der Waals surface area contributed by atoms with Crippen molar-refractivity contribution in [1.82, 2.24) is 14.5 Å². The molecular formula is C13H18ClN3. The van der Waals surface area contributed by atoms with E-state index in [1.165, 1.54) is 0 Å². The average Bonchev–Trinajstić information content (AvgIpc) is 2.68. The van der Waals surface area contributed by atoms with Crippen LogP contribution in [0.15, 0.2) is 18.5 Å². The summed E-state index contributed by atoms with van der Waals surface area (Å²) in [5, 5.41) is -0.0774. The third-order valence-corrected chi connectivity index (χ3v) is 3.32. The molecule has 0 saturated carbocycles. The fourth-order valence-electron chi connectivity index (χ4n) is 1.94. The molecule has 0 saturated heterocycles. The fraction of sp³-hybridized carbons (Fsp3) is 0.538. The summed E-state index contributed by atoms with van der Waals surface area (Å²) in [5.74, 6) is 1.56. The molecule has 2 heterocycles. The van der Waals surface area contributed by atoms with Crippen molar-refractivity contribution >= 4 is 22.6 Å². The van der Waals surface area contributed by atoms with Gasteiger partial charge in [-0.15, -0.1) is 11.6 Å². The smallest absolute Gasteiger partial charge is 0.127 e. The highest BCUT2D eigenvalue weighted by atomic mass is 35.5. The highest BCUT2D eigenvalue weighted by Crippen LogP contribution is 2.25. The van der Waals surface area contributed by atoms with Gasteiger partial charge in [0.05, 0.1) is 17.1 Å². The Morgan fingerprint density at radius 1 is 1.41 bits per heavy atom. The van der Waals surface area contributed by atoms with Gasteiger partial charge < -0.3 is 4.57 Å². The van der Waals surface area contributed by atoms with Crippen molar-refractivity contribution in [3.05, 3.63) is 24.3 Å². The van der Waals surface area contributed by atoms with Crippen LogP contribution in [0.4, 0.5) is 0 Å². The minimum Gasteiger partial charge on any atom is -0.326 e. The van der Waals surface area contributed by atoms with Gasteiger partial charge in [0.25, 0.3) is 0 Å². The molecule has 0 spiro atoms. The van der Waals surface area contributed by atoms with Crippen LogP contribution < -0.4 is 0 Å². The van der Waals surface area contributed by atoms with Gasteiger partial charge in [-0.25, -0.2) is 4.98 Å². The van der Waals surface area contributed by atoms with E-state index in [4.69, 9.17) is 11.6 Å². The lowest BCUT2D eigenvalue weighted by Gasteiger charge is -2.14. The van der Waals surface area contributed by atoms with E-state index in [9.17, 15) is 0 Å². The second-order valence-corrected chi connectivity index (χ2v) is 5.23. The zero-order valence-corrected chi connectivity index (χ0v) is 11.3. The van der Waals surface area contributed by atoms with Crippen molar-refractivity contribution in [2.45, 2.75) is 39.1 Å². The number of hydrogen-bond acceptors (Lipinski definition) is 2. The predicted octanol–water partition coefficient (Wildman–Crippen LogP) is 3.78. The summed E-state index contributed by atoms with van der Waals surface area (Å²) in [5.41, 5.74) is 2.06. The number of nitrogens with zero attached hydrogens (tertiary/aromatic N) is 3. The van der Waals surface area contributed by atoms with Crippen molar-refractivity contribution in [3.8, 4) is 0 Å². The Labute approximate surface area is 107 Å². The van der Waals surface area contributed by atoms with Crippen LogP contribution in [-0.2, 0) is 6.54 Å². The molecule has 4 heteroatoms. The number of alkyl halides is 1. The zero-order chi connectivity index (χ0) is 12.4. The van der Waals surface area contributed by atoms with Crippen molar-refractivity contribution in [2.75, 3.05) is 0 Å². The molecule has 0 aliphatic heterocycles. The van der Waals surface area contributed by atoms with Crippen LogP contribution in [0.2, 0.25) is 0 Å². The first-order valence-corrected chi connectivity index (χ1v) is 6.51. The van der Waals surface area contributed by atoms with E-state index in [1.54, 1.807) is 12.4 Å². The molecular weight excluding hydrogens is 234 g/mol. The largest absolute Gasteiger partial charge is 0.326 e. The maximum absolute atomic E-state index is 6.20. The molecule has 3 nitrogen and oxygen atoms in total. The summed E-state index contributed by atoms with van der Waals surface area (Å²) in [7, 11) is 0. The lowest BCUT2D eigenvalue weighted by atomic mass is 10.1. The van der Waals surface area contributed by atoms with Gasteiger partial charge in [-0.1, -0.05) is 20.3 Å². The maximum Gasteiger partial charge on any atom is 0.127 e. The monoisotopic (exact) mass is 251 g/mol. The predicted molar refractivity (Wildman–Crippen MR) is 71.3 cm³/mol. The van der Waals surface area contributed by atoms with Gasteiger partial charge >= 0.3 is 0 Å². The van der Waals surface area contributed by atoms with Gasteiger partial charge in [-0.3, -0.25) is 4.98 Å². The van der Waals surface area contributed by atoms with E-state index in [1.807, 2.05) is 13.0 Å². The van der Waals surface area contributed by atoms with Crippen LogP contribution in [0.3, 0.4) is 0 Å². The van der Waals surface area contributed by atoms with Gasteiger partial charge in [-0.05, 0) is 18.9 Å². The minimum atomic E-state index is -0.0774. The first-order chi connectivity index (χ1) is 8.13. The van der Waals surface area contributed by atoms with E-state index in [0.29, 0.717) is 5.92 Å². The molecule has 2 unspecified atom stereocenters. The number of imidazole rings is 1. The van der Waals surface area contributed by atoms with Crippen molar-refractivity contribution < 1.29 is 0 Å². The lowest BCUT2D eigenvalue weighted by Crippen LogP contribution is -2.10. The summed E-state index contributed by atoms with van der Waals surface area (Å²) in [4.78, 5) is 8.68. The van der Waals surface area contributed by atoms with E-state index < -0.39 is 0 Å². The zero-order valence-electron chi connectivity index (χ0n) is 10.5. The Hall–Kier alpha value is -1.09. The Morgan fingerprint density at radius 3 is 2.82 bits per heavy atom. The van der Waals surface area contributed by atoms with E-state index in [-0.39, 0.29) is 5.38 Å². The molecule has 2 aromatic rings. The molecule has 2 atom stereocenters. The Bertz CT molecular complexity index is 504. The summed E-state index contributed by atoms with van der Waals surface area (Å²) in [6, 6.07) is 2.01. The number of halogens is 1. The highest BCUT2D eigenvalue weighted by Gasteiger charge is 2.16. The molecule has 0 bridgehead atoms. The minimum absolute atomic E-state index is 0.0774. The molecule has 17 heavy (non-hydrogen) atoms. The Kier molecular flexibility index (Phi) is 3.67. The lowest BCUT2D eigenvalue weighted by molar-refractivity contribution is 0.465. The van der Waals surface area contributed by atoms with Crippen LogP contribution in [0.25, 0.3) is 11.0 Å². The Morgan fingerprint density at radius 2 is 2.18 bits per heavy atom. The third kappa shape index (κ3) is 2.44. The number of fused-ring (bicyclic) bond motifs is 1. The molecule has 0 fully saturated rings. The maximum atomic E-state index is 6.20. The van der Waals surface area contributed by atoms with E-state index in [2.05, 4.69) is 28.4 Å².